The highest BCUT2D eigenvalue weighted by molar-refractivity contribution is 6.67. The molecular formula is C3HCl7. The highest BCUT2D eigenvalue weighted by atomic mass is 35.6. The van der Waals surface area contributed by atoms with Crippen molar-refractivity contribution in [1.29, 1.82) is 0 Å². The van der Waals surface area contributed by atoms with Gasteiger partial charge in [-0.05, 0) is 0 Å². The van der Waals surface area contributed by atoms with E-state index in [9.17, 15) is 0 Å². The summed E-state index contributed by atoms with van der Waals surface area (Å²) in [4.78, 5) is 0. The number of hydrogen-bond acceptors (Lipinski definition) is 0. The molecule has 0 aromatic carbocycles. The molecule has 0 saturated heterocycles. The Balaban J connectivity index is 0. The van der Waals surface area contributed by atoms with Crippen molar-refractivity contribution >= 4 is 81.2 Å². The Labute approximate surface area is 93.9 Å². The van der Waals surface area contributed by atoms with Crippen molar-refractivity contribution in [2.75, 3.05) is 0 Å². The third-order valence-electron chi connectivity index (χ3n) is 0.143. The van der Waals surface area contributed by atoms with E-state index in [1.165, 1.54) is 0 Å². The van der Waals surface area contributed by atoms with E-state index in [4.69, 9.17) is 81.2 Å². The van der Waals surface area contributed by atoms with Gasteiger partial charge in [-0.1, -0.05) is 81.2 Å². The van der Waals surface area contributed by atoms with Crippen LogP contribution in [0.3, 0.4) is 0 Å². The van der Waals surface area contributed by atoms with Gasteiger partial charge in [0.25, 0.3) is 0 Å². The largest absolute Gasteiger partial charge is 0.180 e. The molecule has 62 valence electrons. The van der Waals surface area contributed by atoms with E-state index < -0.39 is 4.30 Å². The quantitative estimate of drug-likeness (QED) is 0.546. The summed E-state index contributed by atoms with van der Waals surface area (Å²) in [5, 5.41) is 0. The zero-order chi connectivity index (χ0) is 8.73. The predicted octanol–water partition coefficient (Wildman–Crippen LogP) is 5.05. The molecule has 0 saturated carbocycles. The zero-order valence-electron chi connectivity index (χ0n) is 4.22. The number of alkyl halides is 3. The van der Waals surface area contributed by atoms with Crippen molar-refractivity contribution in [3.63, 3.8) is 0 Å². The Kier molecular flexibility index (Phi) is 12.7. The standard InChI is InChI=1S/C2Cl4.CHCl3/c3-1(4)2(5)6;2-1(3)4/h;1H. The van der Waals surface area contributed by atoms with E-state index >= 15 is 0 Å². The van der Waals surface area contributed by atoms with Gasteiger partial charge in [-0.25, -0.2) is 0 Å². The summed E-state index contributed by atoms with van der Waals surface area (Å²) in [6.07, 6.45) is 0. The van der Waals surface area contributed by atoms with Gasteiger partial charge in [-0.3, -0.25) is 0 Å². The molecule has 0 aliphatic rings. The summed E-state index contributed by atoms with van der Waals surface area (Å²) < 4.78 is -0.948. The van der Waals surface area contributed by atoms with E-state index in [1.807, 2.05) is 0 Å². The van der Waals surface area contributed by atoms with Crippen LogP contribution < -0.4 is 0 Å². The Bertz CT molecular complexity index is 84.7. The van der Waals surface area contributed by atoms with E-state index in [-0.39, 0.29) is 8.98 Å². The first-order valence-electron chi connectivity index (χ1n) is 1.66. The van der Waals surface area contributed by atoms with Crippen LogP contribution in [0.25, 0.3) is 0 Å². The minimum atomic E-state index is -0.750. The first-order valence-corrected chi connectivity index (χ1v) is 4.48. The molecule has 0 atom stereocenters. The Morgan fingerprint density at radius 2 is 0.800 bits per heavy atom. The smallest absolute Gasteiger partial charge is 0.0874 e. The van der Waals surface area contributed by atoms with Crippen LogP contribution in [0.2, 0.25) is 0 Å². The van der Waals surface area contributed by atoms with E-state index in [0.29, 0.717) is 0 Å². The summed E-state index contributed by atoms with van der Waals surface area (Å²) in [5.74, 6) is 0. The number of hydrogen-bond donors (Lipinski definition) is 0. The molecule has 0 nitrogen and oxygen atoms in total. The fraction of sp³-hybridized carbons (Fsp3) is 0.333. The summed E-state index contributed by atoms with van der Waals surface area (Å²) in [7, 11) is 0. The maximum Gasteiger partial charge on any atom is 0.180 e. The van der Waals surface area contributed by atoms with Crippen molar-refractivity contribution in [2.45, 2.75) is 4.30 Å². The molecule has 0 aromatic heterocycles. The number of halogens is 7. The maximum absolute atomic E-state index is 4.99. The third-order valence-corrected chi connectivity index (χ3v) is 1.29. The van der Waals surface area contributed by atoms with Gasteiger partial charge in [0.05, 0.1) is 0 Å². The molecule has 0 bridgehead atoms. The zero-order valence-corrected chi connectivity index (χ0v) is 9.51. The molecular weight excluding hydrogens is 284 g/mol. The van der Waals surface area contributed by atoms with Crippen LogP contribution in [0.5, 0.6) is 0 Å². The van der Waals surface area contributed by atoms with Crippen molar-refractivity contribution in [3.05, 3.63) is 8.98 Å². The lowest BCUT2D eigenvalue weighted by molar-refractivity contribution is 1.96. The maximum atomic E-state index is 4.99. The molecule has 10 heavy (non-hydrogen) atoms. The molecule has 0 fully saturated rings. The normalized spacial score (nSPS) is 8.40. The fourth-order valence-corrected chi connectivity index (χ4v) is 0. The molecule has 7 heteroatoms. The molecule has 0 radical (unpaired) electrons. The highest BCUT2D eigenvalue weighted by Gasteiger charge is 1.88. The second kappa shape index (κ2) is 8.86. The lowest BCUT2D eigenvalue weighted by atomic mass is 11.2. The number of rotatable bonds is 0. The third kappa shape index (κ3) is 22.6. The van der Waals surface area contributed by atoms with Gasteiger partial charge in [0, 0.05) is 0 Å². The van der Waals surface area contributed by atoms with Crippen LogP contribution >= 0.6 is 81.2 Å². The molecule has 0 heterocycles. The van der Waals surface area contributed by atoms with Crippen molar-refractivity contribution in [1.82, 2.24) is 0 Å². The molecule has 0 rings (SSSR count). The minimum absolute atomic E-state index is 0.0988. The average molecular weight is 285 g/mol. The van der Waals surface area contributed by atoms with Crippen molar-refractivity contribution < 1.29 is 0 Å². The molecule has 0 aliphatic heterocycles. The van der Waals surface area contributed by atoms with Crippen LogP contribution in [-0.4, -0.2) is 4.30 Å². The second-order valence-electron chi connectivity index (χ2n) is 0.768. The Hall–Kier alpha value is 1.77. The van der Waals surface area contributed by atoms with Crippen molar-refractivity contribution in [3.8, 4) is 0 Å². The van der Waals surface area contributed by atoms with Gasteiger partial charge in [-0.2, -0.15) is 0 Å². The van der Waals surface area contributed by atoms with Crippen LogP contribution in [0.1, 0.15) is 0 Å². The van der Waals surface area contributed by atoms with Crippen molar-refractivity contribution in [2.24, 2.45) is 0 Å². The van der Waals surface area contributed by atoms with E-state index in [1.54, 1.807) is 0 Å². The van der Waals surface area contributed by atoms with Gasteiger partial charge < -0.3 is 0 Å². The van der Waals surface area contributed by atoms with Crippen LogP contribution in [0.4, 0.5) is 0 Å². The van der Waals surface area contributed by atoms with Gasteiger partial charge in [-0.15, -0.1) is 0 Å². The first kappa shape index (κ1) is 14.3. The average Bonchev–Trinajstić information content (AvgIpc) is 1.63. The van der Waals surface area contributed by atoms with Gasteiger partial charge in [0.2, 0.25) is 0 Å². The molecule has 0 spiro atoms. The SMILES string of the molecule is ClC(Cl)=C(Cl)Cl.ClC(Cl)Cl. The summed E-state index contributed by atoms with van der Waals surface area (Å²) in [6, 6.07) is 0. The van der Waals surface area contributed by atoms with Gasteiger partial charge >= 0.3 is 0 Å². The van der Waals surface area contributed by atoms with Crippen LogP contribution in [0, 0.1) is 0 Å². The molecule has 0 aliphatic carbocycles. The van der Waals surface area contributed by atoms with E-state index in [0.717, 1.165) is 0 Å². The summed E-state index contributed by atoms with van der Waals surface area (Å²) in [6.45, 7) is 0. The lowest BCUT2D eigenvalue weighted by Gasteiger charge is -1.75. The lowest BCUT2D eigenvalue weighted by Crippen LogP contribution is -1.55. The molecule has 0 N–H and O–H groups in total. The highest BCUT2D eigenvalue weighted by Crippen LogP contribution is 2.20. The summed E-state index contributed by atoms with van der Waals surface area (Å²) >= 11 is 34.4. The second-order valence-corrected chi connectivity index (χ2v) is 4.65. The fourth-order valence-electron chi connectivity index (χ4n) is 0. The van der Waals surface area contributed by atoms with Crippen LogP contribution in [-0.2, 0) is 0 Å². The summed E-state index contributed by atoms with van der Waals surface area (Å²) in [5.41, 5.74) is 0. The monoisotopic (exact) mass is 282 g/mol. The predicted molar refractivity (Wildman–Crippen MR) is 51.8 cm³/mol. The minimum Gasteiger partial charge on any atom is -0.0874 e. The molecule has 0 amide bonds. The Morgan fingerprint density at radius 3 is 0.800 bits per heavy atom. The van der Waals surface area contributed by atoms with E-state index in [2.05, 4.69) is 0 Å². The van der Waals surface area contributed by atoms with Crippen LogP contribution in [0.15, 0.2) is 8.98 Å². The Morgan fingerprint density at radius 1 is 0.700 bits per heavy atom. The topological polar surface area (TPSA) is 0 Å². The molecule has 0 unspecified atom stereocenters. The molecule has 0 aromatic rings. The van der Waals surface area contributed by atoms with Gasteiger partial charge in [0.1, 0.15) is 8.98 Å². The first-order chi connectivity index (χ1) is 4.37. The van der Waals surface area contributed by atoms with Gasteiger partial charge in [0.15, 0.2) is 4.30 Å².